The number of benzene rings is 1. The van der Waals surface area contributed by atoms with E-state index in [1.165, 1.54) is 18.4 Å². The van der Waals surface area contributed by atoms with E-state index in [1.807, 2.05) is 20.8 Å². The van der Waals surface area contributed by atoms with Gasteiger partial charge in [-0.2, -0.15) is 5.10 Å². The van der Waals surface area contributed by atoms with Crippen LogP contribution in [0.4, 0.5) is 5.69 Å². The fraction of sp³-hybridized carbons (Fsp3) is 0.278. The smallest absolute Gasteiger partial charge is 0.349 e. The number of esters is 1. The van der Waals surface area contributed by atoms with Crippen molar-refractivity contribution in [1.29, 1.82) is 0 Å². The predicted molar refractivity (Wildman–Crippen MR) is 104 cm³/mol. The van der Waals surface area contributed by atoms with Gasteiger partial charge < -0.3 is 10.1 Å². The molecule has 3 aromatic rings. The highest BCUT2D eigenvalue weighted by molar-refractivity contribution is 7.21. The summed E-state index contributed by atoms with van der Waals surface area (Å²) in [6.45, 7) is 6.38. The lowest BCUT2D eigenvalue weighted by Crippen LogP contribution is -2.14. The lowest BCUT2D eigenvalue weighted by molar-refractivity contribution is 0.0606. The van der Waals surface area contributed by atoms with Crippen LogP contribution in [-0.2, 0) is 11.3 Å². The summed E-state index contributed by atoms with van der Waals surface area (Å²) >= 11 is 7.49. The number of ether oxygens (including phenoxy) is 1. The van der Waals surface area contributed by atoms with Crippen LogP contribution in [0.25, 0.3) is 10.1 Å². The Bertz CT molecular complexity index is 1020. The second-order valence-electron chi connectivity index (χ2n) is 5.76. The largest absolute Gasteiger partial charge is 0.465 e. The molecule has 0 bridgehead atoms. The fourth-order valence-electron chi connectivity index (χ4n) is 2.89. The van der Waals surface area contributed by atoms with Crippen molar-refractivity contribution in [3.05, 3.63) is 45.1 Å². The zero-order chi connectivity index (χ0) is 19.0. The van der Waals surface area contributed by atoms with Crippen molar-refractivity contribution in [3.63, 3.8) is 0 Å². The van der Waals surface area contributed by atoms with E-state index in [0.29, 0.717) is 33.4 Å². The van der Waals surface area contributed by atoms with E-state index < -0.39 is 5.97 Å². The molecule has 3 rings (SSSR count). The third kappa shape index (κ3) is 3.08. The topological polar surface area (TPSA) is 73.2 Å². The van der Waals surface area contributed by atoms with Crippen molar-refractivity contribution in [1.82, 2.24) is 9.78 Å². The molecule has 26 heavy (non-hydrogen) atoms. The first-order chi connectivity index (χ1) is 12.4. The van der Waals surface area contributed by atoms with Gasteiger partial charge in [0.05, 0.1) is 23.4 Å². The Morgan fingerprint density at radius 2 is 2.08 bits per heavy atom. The van der Waals surface area contributed by atoms with E-state index in [9.17, 15) is 9.59 Å². The van der Waals surface area contributed by atoms with Crippen LogP contribution in [0.1, 0.15) is 38.3 Å². The lowest BCUT2D eigenvalue weighted by Gasteiger charge is -2.06. The van der Waals surface area contributed by atoms with Crippen molar-refractivity contribution in [3.8, 4) is 0 Å². The molecule has 0 aliphatic rings. The number of fused-ring (bicyclic) bond motifs is 1. The number of nitrogens with zero attached hydrogens (tertiary/aromatic N) is 2. The van der Waals surface area contributed by atoms with Gasteiger partial charge in [-0.05, 0) is 39.0 Å². The van der Waals surface area contributed by atoms with Crippen LogP contribution in [0.15, 0.2) is 18.2 Å². The van der Waals surface area contributed by atoms with E-state index in [4.69, 9.17) is 16.3 Å². The molecule has 0 fully saturated rings. The molecule has 0 unspecified atom stereocenters. The molecule has 0 aliphatic carbocycles. The molecule has 2 aromatic heterocycles. The normalized spacial score (nSPS) is 11.0. The Morgan fingerprint density at radius 1 is 1.35 bits per heavy atom. The lowest BCUT2D eigenvalue weighted by atomic mass is 10.1. The minimum Gasteiger partial charge on any atom is -0.465 e. The molecular formula is C18H18ClN3O3S. The second kappa shape index (κ2) is 7.09. The predicted octanol–water partition coefficient (Wildman–Crippen LogP) is 4.43. The zero-order valence-corrected chi connectivity index (χ0v) is 16.4. The maximum atomic E-state index is 12.7. The number of methoxy groups -OCH3 is 1. The number of rotatable bonds is 4. The number of anilines is 1. The Balaban J connectivity index is 1.93. The van der Waals surface area contributed by atoms with E-state index in [0.717, 1.165) is 15.8 Å². The second-order valence-corrected chi connectivity index (χ2v) is 7.19. The van der Waals surface area contributed by atoms with Crippen LogP contribution in [0.2, 0.25) is 5.02 Å². The van der Waals surface area contributed by atoms with E-state index >= 15 is 0 Å². The summed E-state index contributed by atoms with van der Waals surface area (Å²) in [5.74, 6) is -0.685. The van der Waals surface area contributed by atoms with Gasteiger partial charge in [0, 0.05) is 28.0 Å². The number of aryl methyl sites for hydroxylation is 2. The first-order valence-electron chi connectivity index (χ1n) is 8.03. The van der Waals surface area contributed by atoms with Gasteiger partial charge >= 0.3 is 5.97 Å². The first kappa shape index (κ1) is 18.4. The summed E-state index contributed by atoms with van der Waals surface area (Å²) in [4.78, 5) is 24.8. The van der Waals surface area contributed by atoms with Gasteiger partial charge in [-0.15, -0.1) is 11.3 Å². The van der Waals surface area contributed by atoms with Crippen molar-refractivity contribution in [2.45, 2.75) is 27.3 Å². The molecule has 0 spiro atoms. The molecule has 8 heteroatoms. The number of hydrogen-bond donors (Lipinski definition) is 1. The molecule has 6 nitrogen and oxygen atoms in total. The monoisotopic (exact) mass is 391 g/mol. The highest BCUT2D eigenvalue weighted by Crippen LogP contribution is 2.37. The van der Waals surface area contributed by atoms with E-state index in [-0.39, 0.29) is 5.91 Å². The number of carbonyl (C=O) groups is 2. The van der Waals surface area contributed by atoms with Gasteiger partial charge in [0.25, 0.3) is 5.91 Å². The van der Waals surface area contributed by atoms with Gasteiger partial charge in [0.1, 0.15) is 4.88 Å². The highest BCUT2D eigenvalue weighted by Gasteiger charge is 2.20. The standard InChI is InChI=1S/C18H18ClN3O3S/c1-5-22-10(3)14(9(2)21-22)17(23)20-11-6-7-12-13(8-11)26-16(15(12)19)18(24)25-4/h6-8H,5H2,1-4H3,(H,20,23). The van der Waals surface area contributed by atoms with Gasteiger partial charge in [-0.3, -0.25) is 9.48 Å². The van der Waals surface area contributed by atoms with Crippen LogP contribution >= 0.6 is 22.9 Å². The molecule has 0 radical (unpaired) electrons. The van der Waals surface area contributed by atoms with Crippen LogP contribution in [0.3, 0.4) is 0 Å². The molecule has 2 heterocycles. The maximum Gasteiger partial charge on any atom is 0.349 e. The van der Waals surface area contributed by atoms with Crippen LogP contribution < -0.4 is 5.32 Å². The molecule has 1 N–H and O–H groups in total. The third-order valence-corrected chi connectivity index (χ3v) is 5.80. The van der Waals surface area contributed by atoms with E-state index in [1.54, 1.807) is 22.9 Å². The Morgan fingerprint density at radius 3 is 2.69 bits per heavy atom. The molecule has 0 saturated carbocycles. The highest BCUT2D eigenvalue weighted by atomic mass is 35.5. The van der Waals surface area contributed by atoms with Gasteiger partial charge in [-0.25, -0.2) is 4.79 Å². The summed E-state index contributed by atoms with van der Waals surface area (Å²) in [5, 5.41) is 8.39. The Hall–Kier alpha value is -2.38. The van der Waals surface area contributed by atoms with Gasteiger partial charge in [-0.1, -0.05) is 11.6 Å². The van der Waals surface area contributed by atoms with Crippen LogP contribution in [0, 0.1) is 13.8 Å². The van der Waals surface area contributed by atoms with Crippen LogP contribution in [-0.4, -0.2) is 28.8 Å². The average Bonchev–Trinajstić information content (AvgIpc) is 3.10. The zero-order valence-electron chi connectivity index (χ0n) is 14.8. The summed E-state index contributed by atoms with van der Waals surface area (Å²) in [6.07, 6.45) is 0. The molecule has 1 aromatic carbocycles. The first-order valence-corrected chi connectivity index (χ1v) is 9.22. The maximum absolute atomic E-state index is 12.7. The molecule has 136 valence electrons. The van der Waals surface area contributed by atoms with Crippen molar-refractivity contribution in [2.24, 2.45) is 0 Å². The van der Waals surface area contributed by atoms with Gasteiger partial charge in [0.15, 0.2) is 0 Å². The molecule has 0 aliphatic heterocycles. The molecule has 0 saturated heterocycles. The minimum absolute atomic E-state index is 0.213. The number of amides is 1. The van der Waals surface area contributed by atoms with Crippen molar-refractivity contribution >= 4 is 50.6 Å². The molecule has 0 atom stereocenters. The van der Waals surface area contributed by atoms with Crippen molar-refractivity contribution in [2.75, 3.05) is 12.4 Å². The Kier molecular flexibility index (Phi) is 5.02. The minimum atomic E-state index is -0.472. The average molecular weight is 392 g/mol. The molecular weight excluding hydrogens is 374 g/mol. The summed E-state index contributed by atoms with van der Waals surface area (Å²) in [7, 11) is 1.32. The number of hydrogen-bond acceptors (Lipinski definition) is 5. The summed E-state index contributed by atoms with van der Waals surface area (Å²) < 4.78 is 7.34. The number of thiophene rings is 1. The number of nitrogens with one attached hydrogen (secondary N) is 1. The third-order valence-electron chi connectivity index (χ3n) is 4.17. The van der Waals surface area contributed by atoms with Crippen LogP contribution in [0.5, 0.6) is 0 Å². The van der Waals surface area contributed by atoms with Gasteiger partial charge in [0.2, 0.25) is 0 Å². The quantitative estimate of drug-likeness (QED) is 0.668. The van der Waals surface area contributed by atoms with Crippen molar-refractivity contribution < 1.29 is 14.3 Å². The number of halogens is 1. The SMILES string of the molecule is CCn1nc(C)c(C(=O)Nc2ccc3c(Cl)c(C(=O)OC)sc3c2)c1C. The molecule has 1 amide bonds. The Labute approximate surface area is 159 Å². The number of carbonyl (C=O) groups excluding carboxylic acids is 2. The van der Waals surface area contributed by atoms with E-state index in [2.05, 4.69) is 10.4 Å². The number of aromatic nitrogens is 2. The fourth-order valence-corrected chi connectivity index (χ4v) is 4.36. The summed E-state index contributed by atoms with van der Waals surface area (Å²) in [5.41, 5.74) is 2.72. The summed E-state index contributed by atoms with van der Waals surface area (Å²) in [6, 6.07) is 5.34.